The van der Waals surface area contributed by atoms with Crippen LogP contribution >= 0.6 is 11.6 Å². The zero-order valence-corrected chi connectivity index (χ0v) is 15.5. The fourth-order valence-electron chi connectivity index (χ4n) is 4.04. The van der Waals surface area contributed by atoms with Gasteiger partial charge < -0.3 is 5.32 Å². The Morgan fingerprint density at radius 3 is 2.67 bits per heavy atom. The predicted molar refractivity (Wildman–Crippen MR) is 95.8 cm³/mol. The molecule has 3 rings (SSSR count). The molecule has 5 nitrogen and oxygen atoms in total. The summed E-state index contributed by atoms with van der Waals surface area (Å²) in [6.07, 6.45) is 5.74. The number of amides is 1. The van der Waals surface area contributed by atoms with E-state index in [-0.39, 0.29) is 18.5 Å². The number of halogens is 1. The molecule has 7 heteroatoms. The van der Waals surface area contributed by atoms with Crippen molar-refractivity contribution in [1.29, 1.82) is 0 Å². The van der Waals surface area contributed by atoms with Gasteiger partial charge in [-0.15, -0.1) is 0 Å². The minimum atomic E-state index is -3.58. The lowest BCUT2D eigenvalue weighted by Crippen LogP contribution is -2.45. The van der Waals surface area contributed by atoms with Gasteiger partial charge in [0, 0.05) is 11.1 Å². The third-order valence-corrected chi connectivity index (χ3v) is 6.57. The summed E-state index contributed by atoms with van der Waals surface area (Å²) in [5, 5.41) is 3.48. The average molecular weight is 371 g/mol. The van der Waals surface area contributed by atoms with Gasteiger partial charge in [-0.3, -0.25) is 9.10 Å². The summed E-state index contributed by atoms with van der Waals surface area (Å²) in [6.45, 7) is 1.59. The Morgan fingerprint density at radius 1 is 1.33 bits per heavy atom. The molecule has 2 aliphatic rings. The van der Waals surface area contributed by atoms with Crippen molar-refractivity contribution in [3.63, 3.8) is 0 Å². The third-order valence-electron chi connectivity index (χ3n) is 5.21. The topological polar surface area (TPSA) is 66.5 Å². The number of nitrogens with one attached hydrogen (secondary N) is 1. The Labute approximate surface area is 148 Å². The number of benzene rings is 1. The number of hydrogen-bond acceptors (Lipinski definition) is 3. The largest absolute Gasteiger partial charge is 0.352 e. The molecule has 2 bridgehead atoms. The summed E-state index contributed by atoms with van der Waals surface area (Å²) in [5.41, 5.74) is 1.21. The number of carbonyl (C=O) groups is 1. The summed E-state index contributed by atoms with van der Waals surface area (Å²) in [7, 11) is -3.58. The number of anilines is 1. The molecule has 2 saturated carbocycles. The van der Waals surface area contributed by atoms with Crippen LogP contribution in [0.5, 0.6) is 0 Å². The van der Waals surface area contributed by atoms with Crippen molar-refractivity contribution < 1.29 is 13.2 Å². The van der Waals surface area contributed by atoms with Crippen molar-refractivity contribution in [1.82, 2.24) is 5.32 Å². The van der Waals surface area contributed by atoms with Crippen LogP contribution in [-0.4, -0.2) is 33.2 Å². The quantitative estimate of drug-likeness (QED) is 0.866. The molecule has 3 atom stereocenters. The Morgan fingerprint density at radius 2 is 2.08 bits per heavy atom. The molecule has 1 N–H and O–H groups in total. The summed E-state index contributed by atoms with van der Waals surface area (Å²) >= 11 is 6.01. The van der Waals surface area contributed by atoms with E-state index < -0.39 is 10.0 Å². The molecule has 0 unspecified atom stereocenters. The van der Waals surface area contributed by atoms with Crippen LogP contribution in [-0.2, 0) is 14.8 Å². The molecule has 2 aliphatic carbocycles. The number of aryl methyl sites for hydroxylation is 1. The number of fused-ring (bicyclic) bond motifs is 2. The van der Waals surface area contributed by atoms with E-state index in [1.807, 2.05) is 0 Å². The van der Waals surface area contributed by atoms with Crippen molar-refractivity contribution in [3.05, 3.63) is 28.8 Å². The highest BCUT2D eigenvalue weighted by Gasteiger charge is 2.40. The standard InChI is InChI=1S/C17H23ClN2O3S/c1-11-3-6-14(18)9-16(11)20(24(2,22)23)10-17(21)19-15-8-12-4-5-13(15)7-12/h3,6,9,12-13,15H,4-5,7-8,10H2,1-2H3,(H,19,21)/t12-,13-,15+/m1/s1. The van der Waals surface area contributed by atoms with Crippen LogP contribution in [0, 0.1) is 18.8 Å². The lowest BCUT2D eigenvalue weighted by Gasteiger charge is -2.27. The molecule has 0 aromatic heterocycles. The van der Waals surface area contributed by atoms with Gasteiger partial charge in [-0.05, 0) is 55.7 Å². The van der Waals surface area contributed by atoms with Crippen molar-refractivity contribution in [3.8, 4) is 0 Å². The highest BCUT2D eigenvalue weighted by Crippen LogP contribution is 2.44. The molecule has 0 radical (unpaired) electrons. The van der Waals surface area contributed by atoms with Crippen LogP contribution in [0.4, 0.5) is 5.69 Å². The summed E-state index contributed by atoms with van der Waals surface area (Å²) in [6, 6.07) is 5.24. The molecular weight excluding hydrogens is 348 g/mol. The Hall–Kier alpha value is -1.27. The van der Waals surface area contributed by atoms with Gasteiger partial charge in [-0.1, -0.05) is 24.1 Å². The van der Waals surface area contributed by atoms with Gasteiger partial charge in [0.15, 0.2) is 0 Å². The Bertz CT molecular complexity index is 750. The van der Waals surface area contributed by atoms with Crippen LogP contribution in [0.2, 0.25) is 5.02 Å². The van der Waals surface area contributed by atoms with E-state index >= 15 is 0 Å². The first-order valence-electron chi connectivity index (χ1n) is 8.27. The van der Waals surface area contributed by atoms with E-state index in [0.717, 1.165) is 28.5 Å². The molecule has 132 valence electrons. The van der Waals surface area contributed by atoms with Crippen molar-refractivity contribution in [2.45, 2.75) is 38.6 Å². The highest BCUT2D eigenvalue weighted by molar-refractivity contribution is 7.92. The van der Waals surface area contributed by atoms with Gasteiger partial charge >= 0.3 is 0 Å². The summed E-state index contributed by atoms with van der Waals surface area (Å²) in [4.78, 5) is 12.5. The SMILES string of the molecule is Cc1ccc(Cl)cc1N(CC(=O)N[C@H]1C[C@@H]2CC[C@@H]1C2)S(C)(=O)=O. The van der Waals surface area contributed by atoms with E-state index in [2.05, 4.69) is 5.32 Å². The van der Waals surface area contributed by atoms with E-state index in [4.69, 9.17) is 11.6 Å². The van der Waals surface area contributed by atoms with Crippen LogP contribution in [0.3, 0.4) is 0 Å². The Kier molecular flexibility index (Phi) is 4.80. The molecule has 0 heterocycles. The highest BCUT2D eigenvalue weighted by atomic mass is 35.5. The number of nitrogens with zero attached hydrogens (tertiary/aromatic N) is 1. The Balaban J connectivity index is 1.75. The van der Waals surface area contributed by atoms with E-state index in [1.54, 1.807) is 25.1 Å². The van der Waals surface area contributed by atoms with Crippen LogP contribution in [0.1, 0.15) is 31.2 Å². The van der Waals surface area contributed by atoms with Gasteiger partial charge in [-0.25, -0.2) is 8.42 Å². The minimum Gasteiger partial charge on any atom is -0.352 e. The first kappa shape index (κ1) is 17.5. The molecule has 0 saturated heterocycles. The van der Waals surface area contributed by atoms with Crippen LogP contribution in [0.15, 0.2) is 18.2 Å². The number of carbonyl (C=O) groups excluding carboxylic acids is 1. The first-order valence-corrected chi connectivity index (χ1v) is 10.5. The van der Waals surface area contributed by atoms with Gasteiger partial charge in [0.05, 0.1) is 11.9 Å². The maximum absolute atomic E-state index is 12.5. The van der Waals surface area contributed by atoms with Gasteiger partial charge in [0.1, 0.15) is 6.54 Å². The van der Waals surface area contributed by atoms with Gasteiger partial charge in [0.25, 0.3) is 0 Å². The summed E-state index contributed by atoms with van der Waals surface area (Å²) < 4.78 is 25.5. The monoisotopic (exact) mass is 370 g/mol. The van der Waals surface area contributed by atoms with Crippen LogP contribution in [0.25, 0.3) is 0 Å². The molecule has 1 aromatic rings. The lowest BCUT2D eigenvalue weighted by molar-refractivity contribution is -0.120. The van der Waals surface area contributed by atoms with E-state index in [0.29, 0.717) is 16.6 Å². The molecule has 0 aliphatic heterocycles. The fourth-order valence-corrected chi connectivity index (χ4v) is 5.11. The maximum Gasteiger partial charge on any atom is 0.241 e. The van der Waals surface area contributed by atoms with E-state index in [9.17, 15) is 13.2 Å². The zero-order chi connectivity index (χ0) is 17.5. The van der Waals surface area contributed by atoms with Crippen molar-refractivity contribution in [2.24, 2.45) is 11.8 Å². The molecule has 1 amide bonds. The molecule has 0 spiro atoms. The van der Waals surface area contributed by atoms with E-state index in [1.165, 1.54) is 19.3 Å². The van der Waals surface area contributed by atoms with Crippen molar-refractivity contribution in [2.75, 3.05) is 17.1 Å². The second-order valence-electron chi connectivity index (χ2n) is 7.05. The third kappa shape index (κ3) is 3.70. The smallest absolute Gasteiger partial charge is 0.241 e. The zero-order valence-electron chi connectivity index (χ0n) is 14.0. The normalized spacial score (nSPS) is 25.7. The molecule has 1 aromatic carbocycles. The maximum atomic E-state index is 12.5. The molecular formula is C17H23ClN2O3S. The second-order valence-corrected chi connectivity index (χ2v) is 9.39. The number of sulfonamides is 1. The summed E-state index contributed by atoms with van der Waals surface area (Å²) in [5.74, 6) is 1.03. The van der Waals surface area contributed by atoms with Crippen LogP contribution < -0.4 is 9.62 Å². The van der Waals surface area contributed by atoms with Gasteiger partial charge in [-0.2, -0.15) is 0 Å². The molecule has 24 heavy (non-hydrogen) atoms. The first-order chi connectivity index (χ1) is 11.2. The van der Waals surface area contributed by atoms with Crippen molar-refractivity contribution >= 4 is 33.2 Å². The average Bonchev–Trinajstić information content (AvgIpc) is 3.09. The lowest BCUT2D eigenvalue weighted by atomic mass is 9.95. The van der Waals surface area contributed by atoms with Gasteiger partial charge in [0.2, 0.25) is 15.9 Å². The predicted octanol–water partition coefficient (Wildman–Crippen LogP) is 2.72. The number of rotatable bonds is 5. The fraction of sp³-hybridized carbons (Fsp3) is 0.588. The number of hydrogen-bond donors (Lipinski definition) is 1. The minimum absolute atomic E-state index is 0.193. The second kappa shape index (κ2) is 6.56. The molecule has 2 fully saturated rings.